The molecule has 0 bridgehead atoms. The molecular formula is C22H21N3O3S2. The van der Waals surface area contributed by atoms with Crippen molar-refractivity contribution in [1.29, 1.82) is 0 Å². The van der Waals surface area contributed by atoms with Gasteiger partial charge in [-0.15, -0.1) is 11.3 Å². The van der Waals surface area contributed by atoms with Gasteiger partial charge in [0.1, 0.15) is 16.3 Å². The van der Waals surface area contributed by atoms with Crippen LogP contribution in [-0.2, 0) is 23.1 Å². The molecule has 0 aliphatic carbocycles. The van der Waals surface area contributed by atoms with Crippen molar-refractivity contribution in [2.45, 2.75) is 18.0 Å². The molecule has 6 nitrogen and oxygen atoms in total. The van der Waals surface area contributed by atoms with Gasteiger partial charge in [0.15, 0.2) is 0 Å². The maximum absolute atomic E-state index is 13.1. The third kappa shape index (κ3) is 4.62. The summed E-state index contributed by atoms with van der Waals surface area (Å²) < 4.78 is 35.8. The highest BCUT2D eigenvalue weighted by molar-refractivity contribution is 7.89. The first kappa shape index (κ1) is 20.3. The molecule has 0 aliphatic heterocycles. The molecule has 8 heteroatoms. The number of methoxy groups -OCH3 is 1. The summed E-state index contributed by atoms with van der Waals surface area (Å²) >= 11 is 1.46. The summed E-state index contributed by atoms with van der Waals surface area (Å²) in [6.07, 6.45) is 1.60. The summed E-state index contributed by atoms with van der Waals surface area (Å²) in [6, 6.07) is 20.9. The first-order valence-corrected chi connectivity index (χ1v) is 11.7. The highest BCUT2D eigenvalue weighted by atomic mass is 32.2. The molecule has 2 aromatic heterocycles. The van der Waals surface area contributed by atoms with E-state index in [9.17, 15) is 8.42 Å². The zero-order chi connectivity index (χ0) is 21.0. The molecule has 2 heterocycles. The number of nitrogens with zero attached hydrogens (tertiary/aromatic N) is 2. The molecule has 2 aromatic carbocycles. The number of thiophene rings is 1. The smallest absolute Gasteiger partial charge is 0.244 e. The first-order valence-electron chi connectivity index (χ1n) is 9.33. The Morgan fingerprint density at radius 2 is 1.77 bits per heavy atom. The molecule has 0 unspecified atom stereocenters. The Morgan fingerprint density at radius 3 is 2.43 bits per heavy atom. The van der Waals surface area contributed by atoms with Crippen LogP contribution in [0, 0.1) is 0 Å². The lowest BCUT2D eigenvalue weighted by molar-refractivity contribution is 0.414. The Kier molecular flexibility index (Phi) is 5.98. The van der Waals surface area contributed by atoms with Gasteiger partial charge in [-0.3, -0.25) is 4.68 Å². The molecule has 4 rings (SSSR count). The van der Waals surface area contributed by atoms with Gasteiger partial charge in [0, 0.05) is 12.7 Å². The molecule has 154 valence electrons. The van der Waals surface area contributed by atoms with Crippen molar-refractivity contribution in [3.05, 3.63) is 89.4 Å². The van der Waals surface area contributed by atoms with Gasteiger partial charge in [0.05, 0.1) is 18.5 Å². The van der Waals surface area contributed by atoms with Crippen molar-refractivity contribution < 1.29 is 13.2 Å². The number of rotatable bonds is 8. The van der Waals surface area contributed by atoms with Crippen molar-refractivity contribution in [3.63, 3.8) is 0 Å². The minimum Gasteiger partial charge on any atom is -0.497 e. The fraction of sp³-hybridized carbons (Fsp3) is 0.136. The van der Waals surface area contributed by atoms with E-state index in [0.717, 1.165) is 21.8 Å². The van der Waals surface area contributed by atoms with Crippen molar-refractivity contribution >= 4 is 21.4 Å². The van der Waals surface area contributed by atoms with Crippen molar-refractivity contribution in [1.82, 2.24) is 14.5 Å². The molecule has 0 saturated heterocycles. The lowest BCUT2D eigenvalue weighted by atomic mass is 10.2. The summed E-state index contributed by atoms with van der Waals surface area (Å²) in [6.45, 7) is 0.674. The van der Waals surface area contributed by atoms with Crippen LogP contribution >= 0.6 is 11.3 Å². The van der Waals surface area contributed by atoms with E-state index in [0.29, 0.717) is 12.2 Å². The Hall–Kier alpha value is -2.94. The Balaban J connectivity index is 1.61. The normalized spacial score (nSPS) is 11.5. The van der Waals surface area contributed by atoms with Gasteiger partial charge in [-0.25, -0.2) is 13.1 Å². The van der Waals surface area contributed by atoms with Gasteiger partial charge in [0.25, 0.3) is 0 Å². The van der Waals surface area contributed by atoms with Gasteiger partial charge in [-0.1, -0.05) is 48.5 Å². The molecule has 0 aliphatic rings. The lowest BCUT2D eigenvalue weighted by Gasteiger charge is -2.07. The lowest BCUT2D eigenvalue weighted by Crippen LogP contribution is -2.23. The molecule has 0 amide bonds. The first-order chi connectivity index (χ1) is 14.5. The third-order valence-corrected chi connectivity index (χ3v) is 6.86. The number of ether oxygens (including phenoxy) is 1. The Morgan fingerprint density at radius 1 is 1.00 bits per heavy atom. The summed E-state index contributed by atoms with van der Waals surface area (Å²) in [4.78, 5) is 0.987. The largest absolute Gasteiger partial charge is 0.497 e. The molecule has 30 heavy (non-hydrogen) atoms. The summed E-state index contributed by atoms with van der Waals surface area (Å²) in [5.41, 5.74) is 2.35. The number of benzene rings is 2. The number of hydrogen-bond acceptors (Lipinski definition) is 5. The molecule has 0 saturated carbocycles. The van der Waals surface area contributed by atoms with Gasteiger partial charge >= 0.3 is 0 Å². The minimum absolute atomic E-state index is 0.175. The van der Waals surface area contributed by atoms with E-state index in [1.165, 1.54) is 11.3 Å². The monoisotopic (exact) mass is 439 g/mol. The minimum atomic E-state index is -3.76. The zero-order valence-electron chi connectivity index (χ0n) is 16.4. The van der Waals surface area contributed by atoms with Crippen LogP contribution in [0.3, 0.4) is 0 Å². The molecule has 1 N–H and O–H groups in total. The second kappa shape index (κ2) is 8.83. The van der Waals surface area contributed by atoms with Crippen LogP contribution in [0.25, 0.3) is 10.6 Å². The summed E-state index contributed by atoms with van der Waals surface area (Å²) in [5, 5.41) is 6.49. The molecule has 0 radical (unpaired) electrons. The van der Waals surface area contributed by atoms with Gasteiger partial charge in [-0.05, 0) is 34.7 Å². The van der Waals surface area contributed by atoms with E-state index in [2.05, 4.69) is 9.82 Å². The van der Waals surface area contributed by atoms with E-state index in [1.54, 1.807) is 30.1 Å². The number of nitrogens with one attached hydrogen (secondary N) is 1. The molecule has 0 fully saturated rings. The van der Waals surface area contributed by atoms with E-state index in [4.69, 9.17) is 4.74 Å². The molecular weight excluding hydrogens is 418 g/mol. The number of aromatic nitrogens is 2. The third-order valence-electron chi connectivity index (χ3n) is 4.58. The Labute approximate surface area is 179 Å². The molecule has 0 spiro atoms. The Bertz CT molecular complexity index is 1200. The van der Waals surface area contributed by atoms with Gasteiger partial charge < -0.3 is 4.74 Å². The van der Waals surface area contributed by atoms with Crippen LogP contribution in [0.4, 0.5) is 0 Å². The summed E-state index contributed by atoms with van der Waals surface area (Å²) in [5.74, 6) is 0.726. The van der Waals surface area contributed by atoms with E-state index >= 15 is 0 Å². The van der Waals surface area contributed by atoms with Crippen LogP contribution < -0.4 is 9.46 Å². The number of hydrogen-bond donors (Lipinski definition) is 1. The molecule has 0 atom stereocenters. The average molecular weight is 440 g/mol. The van der Waals surface area contributed by atoms with Crippen molar-refractivity contribution in [2.24, 2.45) is 0 Å². The second-order valence-corrected chi connectivity index (χ2v) is 9.36. The second-order valence-electron chi connectivity index (χ2n) is 6.68. The fourth-order valence-electron chi connectivity index (χ4n) is 3.03. The van der Waals surface area contributed by atoms with Gasteiger partial charge in [-0.2, -0.15) is 5.10 Å². The van der Waals surface area contributed by atoms with Crippen LogP contribution in [-0.4, -0.2) is 25.3 Å². The average Bonchev–Trinajstić information content (AvgIpc) is 3.44. The predicted octanol–water partition coefficient (Wildman–Crippen LogP) is 4.15. The van der Waals surface area contributed by atoms with Crippen LogP contribution in [0.15, 0.2) is 83.2 Å². The van der Waals surface area contributed by atoms with Crippen LogP contribution in [0.2, 0.25) is 0 Å². The molecule has 4 aromatic rings. The van der Waals surface area contributed by atoms with Crippen LogP contribution in [0.1, 0.15) is 11.1 Å². The summed E-state index contributed by atoms with van der Waals surface area (Å²) in [7, 11) is -2.17. The predicted molar refractivity (Wildman–Crippen MR) is 118 cm³/mol. The fourth-order valence-corrected chi connectivity index (χ4v) is 5.00. The highest BCUT2D eigenvalue weighted by Crippen LogP contribution is 2.30. The SMILES string of the molecule is COc1ccc(CNS(=O)(=O)c2cn(Cc3ccccc3)nc2-c2cccs2)cc1. The van der Waals surface area contributed by atoms with Crippen molar-refractivity contribution in [3.8, 4) is 16.3 Å². The van der Waals surface area contributed by atoms with Gasteiger partial charge in [0.2, 0.25) is 10.0 Å². The van der Waals surface area contributed by atoms with Crippen molar-refractivity contribution in [2.75, 3.05) is 7.11 Å². The van der Waals surface area contributed by atoms with E-state index in [1.807, 2.05) is 60.0 Å². The number of sulfonamides is 1. The standard InChI is InChI=1S/C22H21N3O3S2/c1-28-19-11-9-17(10-12-19)14-23-30(26,27)21-16-25(15-18-6-3-2-4-7-18)24-22(21)20-8-5-13-29-20/h2-13,16,23H,14-15H2,1H3. The topological polar surface area (TPSA) is 73.2 Å². The van der Waals surface area contributed by atoms with Crippen LogP contribution in [0.5, 0.6) is 5.75 Å². The highest BCUT2D eigenvalue weighted by Gasteiger charge is 2.24. The quantitative estimate of drug-likeness (QED) is 0.448. The zero-order valence-corrected chi connectivity index (χ0v) is 18.0. The maximum Gasteiger partial charge on any atom is 0.244 e. The van der Waals surface area contributed by atoms with E-state index < -0.39 is 10.0 Å². The van der Waals surface area contributed by atoms with E-state index in [-0.39, 0.29) is 11.4 Å². The maximum atomic E-state index is 13.1.